The molecule has 0 radical (unpaired) electrons. The average Bonchev–Trinajstić information content (AvgIpc) is 2.66. The molecule has 1 aromatic carbocycles. The Morgan fingerprint density at radius 3 is 2.87 bits per heavy atom. The number of hydrogen-bond acceptors (Lipinski definition) is 4. The number of aromatic nitrogens is 2. The van der Waals surface area contributed by atoms with Crippen LogP contribution in [0, 0.1) is 0 Å². The van der Waals surface area contributed by atoms with E-state index in [1.807, 2.05) is 31.2 Å². The quantitative estimate of drug-likeness (QED) is 0.867. The molecule has 2 aromatic rings. The summed E-state index contributed by atoms with van der Waals surface area (Å²) in [6.07, 6.45) is 0. The van der Waals surface area contributed by atoms with Crippen molar-refractivity contribution in [3.05, 3.63) is 29.0 Å². The van der Waals surface area contributed by atoms with Crippen LogP contribution < -0.4 is 4.74 Å². The van der Waals surface area contributed by atoms with Crippen molar-refractivity contribution >= 4 is 27.5 Å². The van der Waals surface area contributed by atoms with Gasteiger partial charge in [0.15, 0.2) is 0 Å². The lowest BCUT2D eigenvalue weighted by Gasteiger charge is -2.06. The predicted octanol–water partition coefficient (Wildman–Crippen LogP) is 3.37. The van der Waals surface area contributed by atoms with Crippen molar-refractivity contribution in [1.29, 1.82) is 0 Å². The average molecular weight is 285 g/mol. The van der Waals surface area contributed by atoms with Crippen molar-refractivity contribution < 1.29 is 4.74 Å². The van der Waals surface area contributed by atoms with Gasteiger partial charge in [0.25, 0.3) is 0 Å². The van der Waals surface area contributed by atoms with E-state index in [2.05, 4.69) is 25.3 Å². The Morgan fingerprint density at radius 2 is 2.20 bits per heavy atom. The number of ether oxygens (including phenoxy) is 1. The van der Waals surface area contributed by atoms with Crippen LogP contribution in [0.5, 0.6) is 5.75 Å². The number of hydrogen-bond donors (Lipinski definition) is 0. The molecule has 0 amide bonds. The standard InChI is InChI=1S/C10H9BrN2OS/c1-2-14-8-6-4-3-5-7(8)9-12-10(11)13-15-9/h3-6H,2H2,1H3. The third-order valence-corrected chi connectivity index (χ3v) is 3.16. The van der Waals surface area contributed by atoms with Crippen molar-refractivity contribution in [2.24, 2.45) is 0 Å². The first-order chi connectivity index (χ1) is 7.31. The molecule has 0 unspecified atom stereocenters. The topological polar surface area (TPSA) is 35.0 Å². The Balaban J connectivity index is 2.42. The van der Waals surface area contributed by atoms with Gasteiger partial charge in [-0.25, -0.2) is 4.98 Å². The molecule has 0 atom stereocenters. The molecule has 0 spiro atoms. The second-order valence-corrected chi connectivity index (χ2v) is 4.26. The smallest absolute Gasteiger partial charge is 0.209 e. The van der Waals surface area contributed by atoms with E-state index in [4.69, 9.17) is 4.74 Å². The molecule has 1 aromatic heterocycles. The molecule has 15 heavy (non-hydrogen) atoms. The van der Waals surface area contributed by atoms with E-state index in [9.17, 15) is 0 Å². The lowest BCUT2D eigenvalue weighted by molar-refractivity contribution is 0.341. The maximum absolute atomic E-state index is 5.52. The summed E-state index contributed by atoms with van der Waals surface area (Å²) in [5.41, 5.74) is 0.988. The molecule has 1 heterocycles. The van der Waals surface area contributed by atoms with Gasteiger partial charge in [0.1, 0.15) is 10.8 Å². The highest BCUT2D eigenvalue weighted by molar-refractivity contribution is 9.10. The lowest BCUT2D eigenvalue weighted by atomic mass is 10.2. The molecule has 3 nitrogen and oxygen atoms in total. The molecule has 78 valence electrons. The third kappa shape index (κ3) is 2.35. The van der Waals surface area contributed by atoms with Crippen LogP contribution in [-0.4, -0.2) is 16.0 Å². The molecular formula is C10H9BrN2OS. The fraction of sp³-hybridized carbons (Fsp3) is 0.200. The summed E-state index contributed by atoms with van der Waals surface area (Å²) >= 11 is 4.60. The summed E-state index contributed by atoms with van der Waals surface area (Å²) in [7, 11) is 0. The number of rotatable bonds is 3. The highest BCUT2D eigenvalue weighted by atomic mass is 79.9. The SMILES string of the molecule is CCOc1ccccc1-c1nc(Br)ns1. The van der Waals surface area contributed by atoms with Crippen LogP contribution in [-0.2, 0) is 0 Å². The molecule has 5 heteroatoms. The van der Waals surface area contributed by atoms with Gasteiger partial charge in [0.05, 0.1) is 12.2 Å². The van der Waals surface area contributed by atoms with Gasteiger partial charge in [0.2, 0.25) is 4.73 Å². The van der Waals surface area contributed by atoms with E-state index in [0.717, 1.165) is 16.3 Å². The van der Waals surface area contributed by atoms with Crippen LogP contribution >= 0.6 is 27.5 Å². The normalized spacial score (nSPS) is 10.3. The van der Waals surface area contributed by atoms with E-state index in [-0.39, 0.29) is 0 Å². The van der Waals surface area contributed by atoms with E-state index in [1.54, 1.807) is 0 Å². The molecule has 0 saturated carbocycles. The zero-order valence-corrected chi connectivity index (χ0v) is 10.5. The van der Waals surface area contributed by atoms with E-state index >= 15 is 0 Å². The summed E-state index contributed by atoms with van der Waals surface area (Å²) in [6.45, 7) is 2.61. The Hall–Kier alpha value is -0.940. The minimum Gasteiger partial charge on any atom is -0.493 e. The Morgan fingerprint density at radius 1 is 1.40 bits per heavy atom. The highest BCUT2D eigenvalue weighted by Crippen LogP contribution is 2.31. The van der Waals surface area contributed by atoms with Gasteiger partial charge in [-0.1, -0.05) is 12.1 Å². The number of nitrogens with zero attached hydrogens (tertiary/aromatic N) is 2. The van der Waals surface area contributed by atoms with Gasteiger partial charge in [0, 0.05) is 0 Å². The molecule has 2 rings (SSSR count). The van der Waals surface area contributed by atoms with Crippen LogP contribution in [0.15, 0.2) is 29.0 Å². The maximum atomic E-state index is 5.52. The molecule has 0 aliphatic heterocycles. The van der Waals surface area contributed by atoms with E-state index < -0.39 is 0 Å². The number of benzene rings is 1. The van der Waals surface area contributed by atoms with E-state index in [0.29, 0.717) is 11.3 Å². The summed E-state index contributed by atoms with van der Waals surface area (Å²) in [5, 5.41) is 0.867. The summed E-state index contributed by atoms with van der Waals surface area (Å²) in [5.74, 6) is 0.851. The lowest BCUT2D eigenvalue weighted by Crippen LogP contribution is -1.93. The van der Waals surface area contributed by atoms with Crippen molar-refractivity contribution in [1.82, 2.24) is 9.36 Å². The Labute approximate surface area is 100 Å². The minimum atomic E-state index is 0.619. The Bertz CT molecular complexity index is 458. The first-order valence-corrected chi connectivity index (χ1v) is 6.09. The predicted molar refractivity (Wildman–Crippen MR) is 64.2 cm³/mol. The summed E-state index contributed by atoms with van der Waals surface area (Å²) in [4.78, 5) is 4.27. The van der Waals surface area contributed by atoms with Crippen molar-refractivity contribution in [2.75, 3.05) is 6.61 Å². The van der Waals surface area contributed by atoms with Crippen LogP contribution in [0.2, 0.25) is 0 Å². The maximum Gasteiger partial charge on any atom is 0.209 e. The van der Waals surface area contributed by atoms with Gasteiger partial charge >= 0.3 is 0 Å². The Kier molecular flexibility index (Phi) is 3.33. The number of para-hydroxylation sites is 1. The van der Waals surface area contributed by atoms with Crippen molar-refractivity contribution in [3.63, 3.8) is 0 Å². The van der Waals surface area contributed by atoms with E-state index in [1.165, 1.54) is 11.5 Å². The fourth-order valence-electron chi connectivity index (χ4n) is 1.24. The monoisotopic (exact) mass is 284 g/mol. The molecule has 0 saturated heterocycles. The van der Waals surface area contributed by atoms with Gasteiger partial charge in [-0.3, -0.25) is 0 Å². The highest BCUT2D eigenvalue weighted by Gasteiger charge is 2.09. The van der Waals surface area contributed by atoms with Crippen LogP contribution in [0.25, 0.3) is 10.6 Å². The minimum absolute atomic E-state index is 0.619. The molecule has 0 fully saturated rings. The van der Waals surface area contributed by atoms with Gasteiger partial charge < -0.3 is 4.74 Å². The second kappa shape index (κ2) is 4.72. The van der Waals surface area contributed by atoms with Crippen LogP contribution in [0.1, 0.15) is 6.92 Å². The number of halogens is 1. The van der Waals surface area contributed by atoms with Crippen molar-refractivity contribution in [3.8, 4) is 16.3 Å². The first-order valence-electron chi connectivity index (χ1n) is 4.52. The molecule has 0 aliphatic rings. The van der Waals surface area contributed by atoms with Gasteiger partial charge in [-0.15, -0.1) is 0 Å². The van der Waals surface area contributed by atoms with Gasteiger partial charge in [-0.05, 0) is 46.5 Å². The van der Waals surface area contributed by atoms with Crippen LogP contribution in [0.4, 0.5) is 0 Å². The van der Waals surface area contributed by atoms with Crippen LogP contribution in [0.3, 0.4) is 0 Å². The molecule has 0 bridgehead atoms. The zero-order chi connectivity index (χ0) is 10.7. The summed E-state index contributed by atoms with van der Waals surface area (Å²) in [6, 6.07) is 7.84. The summed E-state index contributed by atoms with van der Waals surface area (Å²) < 4.78 is 10.2. The zero-order valence-electron chi connectivity index (χ0n) is 8.11. The van der Waals surface area contributed by atoms with Gasteiger partial charge in [-0.2, -0.15) is 4.37 Å². The second-order valence-electron chi connectivity index (χ2n) is 2.80. The molecule has 0 N–H and O–H groups in total. The molecule has 0 aliphatic carbocycles. The molecular weight excluding hydrogens is 276 g/mol. The first kappa shape index (κ1) is 10.6. The third-order valence-electron chi connectivity index (χ3n) is 1.82. The fourth-order valence-corrected chi connectivity index (χ4v) is 2.35. The van der Waals surface area contributed by atoms with Crippen molar-refractivity contribution in [2.45, 2.75) is 6.92 Å². The largest absolute Gasteiger partial charge is 0.493 e.